The fraction of sp³-hybridized carbons (Fsp3) is 0.550. The predicted molar refractivity (Wildman–Crippen MR) is 123 cm³/mol. The van der Waals surface area contributed by atoms with Crippen molar-refractivity contribution < 1.29 is 17.9 Å². The maximum absolute atomic E-state index is 12.9. The fourth-order valence-corrected chi connectivity index (χ4v) is 6.49. The molecule has 1 fully saturated rings. The van der Waals surface area contributed by atoms with Crippen LogP contribution in [0.3, 0.4) is 0 Å². The molecule has 0 radical (unpaired) electrons. The largest absolute Gasteiger partial charge is 0.496 e. The summed E-state index contributed by atoms with van der Waals surface area (Å²) in [5.41, 5.74) is 0.684. The summed E-state index contributed by atoms with van der Waals surface area (Å²) in [7, 11) is -1.99. The van der Waals surface area contributed by atoms with E-state index in [9.17, 15) is 13.2 Å². The monoisotopic (exact) mass is 484 g/mol. The number of sulfonamides is 1. The number of hydrogen-bond acceptors (Lipinski definition) is 8. The lowest BCUT2D eigenvalue weighted by atomic mass is 10.1. The molecule has 170 valence electrons. The van der Waals surface area contributed by atoms with E-state index in [2.05, 4.69) is 29.4 Å². The Hall–Kier alpha value is -1.69. The maximum atomic E-state index is 12.9. The Kier molecular flexibility index (Phi) is 8.31. The van der Waals surface area contributed by atoms with Crippen molar-refractivity contribution in [3.8, 4) is 5.75 Å². The number of anilines is 1. The van der Waals surface area contributed by atoms with Crippen LogP contribution in [0.15, 0.2) is 27.4 Å². The average Bonchev–Trinajstić information content (AvgIpc) is 3.43. The summed E-state index contributed by atoms with van der Waals surface area (Å²) in [5, 5.41) is 11.3. The smallest absolute Gasteiger partial charge is 0.243 e. The van der Waals surface area contributed by atoms with Gasteiger partial charge in [0.05, 0.1) is 12.0 Å². The van der Waals surface area contributed by atoms with Crippen LogP contribution < -0.4 is 10.1 Å². The fourth-order valence-electron chi connectivity index (χ4n) is 3.17. The predicted octanol–water partition coefficient (Wildman–Crippen LogP) is 3.65. The van der Waals surface area contributed by atoms with Crippen LogP contribution in [-0.2, 0) is 21.2 Å². The van der Waals surface area contributed by atoms with Gasteiger partial charge in [-0.1, -0.05) is 36.9 Å². The Balaban J connectivity index is 1.63. The molecule has 1 saturated heterocycles. The third kappa shape index (κ3) is 6.41. The molecule has 1 aromatic carbocycles. The van der Waals surface area contributed by atoms with E-state index in [0.29, 0.717) is 41.9 Å². The molecular weight excluding hydrogens is 456 g/mol. The summed E-state index contributed by atoms with van der Waals surface area (Å²) in [4.78, 5) is 12.6. The van der Waals surface area contributed by atoms with Crippen molar-refractivity contribution >= 4 is 44.2 Å². The van der Waals surface area contributed by atoms with E-state index in [1.807, 2.05) is 0 Å². The Bertz CT molecular complexity index is 1000. The van der Waals surface area contributed by atoms with Crippen molar-refractivity contribution in [3.05, 3.63) is 23.8 Å². The number of amides is 1. The molecule has 8 nitrogen and oxygen atoms in total. The van der Waals surface area contributed by atoms with E-state index in [1.165, 1.54) is 22.8 Å². The second kappa shape index (κ2) is 10.8. The number of rotatable bonds is 10. The van der Waals surface area contributed by atoms with Crippen LogP contribution in [0.25, 0.3) is 0 Å². The van der Waals surface area contributed by atoms with Gasteiger partial charge >= 0.3 is 0 Å². The van der Waals surface area contributed by atoms with E-state index < -0.39 is 10.0 Å². The van der Waals surface area contributed by atoms with Crippen molar-refractivity contribution in [1.82, 2.24) is 14.5 Å². The topological polar surface area (TPSA) is 101 Å². The number of aromatic nitrogens is 2. The standard InChI is InChI=1S/C20H28N4O4S3/c1-14(2)13-29-20-23-22-19(30-20)21-18(25)9-6-15-12-16(7-8-17(15)28-3)31(26,27)24-10-4-5-11-24/h7-8,12,14H,4-6,9-11,13H2,1-3H3,(H,21,22,25). The number of ether oxygens (including phenoxy) is 1. The summed E-state index contributed by atoms with van der Waals surface area (Å²) < 4.78 is 33.4. The van der Waals surface area contributed by atoms with Gasteiger partial charge in [-0.3, -0.25) is 4.79 Å². The molecule has 11 heteroatoms. The number of benzene rings is 1. The number of carbonyl (C=O) groups is 1. The number of thioether (sulfide) groups is 1. The number of nitrogens with zero attached hydrogens (tertiary/aromatic N) is 3. The number of aryl methyl sites for hydroxylation is 1. The van der Waals surface area contributed by atoms with Gasteiger partial charge in [0.1, 0.15) is 5.75 Å². The van der Waals surface area contributed by atoms with Gasteiger partial charge in [-0.2, -0.15) is 4.31 Å². The zero-order valence-electron chi connectivity index (χ0n) is 18.0. The van der Waals surface area contributed by atoms with E-state index in [0.717, 1.165) is 22.9 Å². The number of hydrogen-bond donors (Lipinski definition) is 1. The molecule has 2 heterocycles. The van der Waals surface area contributed by atoms with Crippen LogP contribution in [0.2, 0.25) is 0 Å². The van der Waals surface area contributed by atoms with Crippen LogP contribution in [0.5, 0.6) is 5.75 Å². The van der Waals surface area contributed by atoms with Gasteiger partial charge < -0.3 is 10.1 Å². The Morgan fingerprint density at radius 3 is 2.71 bits per heavy atom. The van der Waals surface area contributed by atoms with Crippen LogP contribution in [0.4, 0.5) is 5.13 Å². The first kappa shape index (κ1) is 24.0. The van der Waals surface area contributed by atoms with Crippen molar-refractivity contribution in [3.63, 3.8) is 0 Å². The van der Waals surface area contributed by atoms with Crippen LogP contribution >= 0.6 is 23.1 Å². The highest BCUT2D eigenvalue weighted by molar-refractivity contribution is 8.01. The molecule has 0 bridgehead atoms. The minimum atomic E-state index is -3.52. The lowest BCUT2D eigenvalue weighted by Crippen LogP contribution is -2.28. The normalized spacial score (nSPS) is 14.8. The van der Waals surface area contributed by atoms with Crippen LogP contribution in [0.1, 0.15) is 38.7 Å². The summed E-state index contributed by atoms with van der Waals surface area (Å²) in [5.74, 6) is 1.86. The SMILES string of the molecule is COc1ccc(S(=O)(=O)N2CCCC2)cc1CCC(=O)Nc1nnc(SCC(C)C)s1. The highest BCUT2D eigenvalue weighted by atomic mass is 32.2. The molecular formula is C20H28N4O4S3. The summed E-state index contributed by atoms with van der Waals surface area (Å²) >= 11 is 2.97. The number of carbonyl (C=O) groups excluding carboxylic acids is 1. The Morgan fingerprint density at radius 2 is 2.03 bits per heavy atom. The van der Waals surface area contributed by atoms with E-state index in [1.54, 1.807) is 30.0 Å². The van der Waals surface area contributed by atoms with E-state index >= 15 is 0 Å². The zero-order valence-corrected chi connectivity index (χ0v) is 20.4. The number of nitrogens with one attached hydrogen (secondary N) is 1. The highest BCUT2D eigenvalue weighted by Gasteiger charge is 2.27. The molecule has 1 aliphatic heterocycles. The van der Waals surface area contributed by atoms with Crippen molar-refractivity contribution in [1.29, 1.82) is 0 Å². The molecule has 1 N–H and O–H groups in total. The Labute approximate surface area is 191 Å². The molecule has 1 aliphatic rings. The number of methoxy groups -OCH3 is 1. The van der Waals surface area contributed by atoms with Crippen LogP contribution in [-0.4, -0.2) is 54.8 Å². The van der Waals surface area contributed by atoms with Gasteiger partial charge in [-0.15, -0.1) is 10.2 Å². The molecule has 1 aromatic heterocycles. The van der Waals surface area contributed by atoms with Crippen molar-refractivity contribution in [2.45, 2.75) is 48.8 Å². The van der Waals surface area contributed by atoms with Gasteiger partial charge in [-0.05, 0) is 48.9 Å². The quantitative estimate of drug-likeness (QED) is 0.406. The lowest BCUT2D eigenvalue weighted by Gasteiger charge is -2.17. The third-order valence-corrected chi connectivity index (χ3v) is 9.06. The van der Waals surface area contributed by atoms with Gasteiger partial charge in [0.25, 0.3) is 0 Å². The minimum absolute atomic E-state index is 0.178. The second-order valence-electron chi connectivity index (χ2n) is 7.71. The molecule has 0 spiro atoms. The van der Waals surface area contributed by atoms with E-state index in [-0.39, 0.29) is 17.2 Å². The Morgan fingerprint density at radius 1 is 1.29 bits per heavy atom. The molecule has 3 rings (SSSR count). The molecule has 1 amide bonds. The first-order valence-electron chi connectivity index (χ1n) is 10.2. The van der Waals surface area contributed by atoms with Gasteiger partial charge in [0.2, 0.25) is 21.1 Å². The molecule has 0 atom stereocenters. The van der Waals surface area contributed by atoms with E-state index in [4.69, 9.17) is 4.74 Å². The van der Waals surface area contributed by atoms with Crippen molar-refractivity contribution in [2.24, 2.45) is 5.92 Å². The highest BCUT2D eigenvalue weighted by Crippen LogP contribution is 2.29. The van der Waals surface area contributed by atoms with Gasteiger partial charge in [0, 0.05) is 25.3 Å². The molecule has 0 saturated carbocycles. The third-order valence-electron chi connectivity index (χ3n) is 4.77. The van der Waals surface area contributed by atoms with Crippen molar-refractivity contribution in [2.75, 3.05) is 31.3 Å². The molecule has 0 aliphatic carbocycles. The summed E-state index contributed by atoms with van der Waals surface area (Å²) in [6.45, 7) is 5.36. The minimum Gasteiger partial charge on any atom is -0.496 e. The van der Waals surface area contributed by atoms with Crippen LogP contribution in [0, 0.1) is 5.92 Å². The van der Waals surface area contributed by atoms with Gasteiger partial charge in [0.15, 0.2) is 4.34 Å². The zero-order chi connectivity index (χ0) is 22.4. The average molecular weight is 485 g/mol. The first-order chi connectivity index (χ1) is 14.8. The second-order valence-corrected chi connectivity index (χ2v) is 11.9. The molecule has 31 heavy (non-hydrogen) atoms. The first-order valence-corrected chi connectivity index (χ1v) is 13.5. The summed E-state index contributed by atoms with van der Waals surface area (Å²) in [6, 6.07) is 4.83. The summed E-state index contributed by atoms with van der Waals surface area (Å²) in [6.07, 6.45) is 2.29. The maximum Gasteiger partial charge on any atom is 0.243 e. The molecule has 2 aromatic rings. The lowest BCUT2D eigenvalue weighted by molar-refractivity contribution is -0.116. The van der Waals surface area contributed by atoms with Gasteiger partial charge in [-0.25, -0.2) is 8.42 Å². The molecule has 0 unspecified atom stereocenters.